The van der Waals surface area contributed by atoms with Crippen LogP contribution in [0.25, 0.3) is 0 Å². The molecule has 0 fully saturated rings. The lowest BCUT2D eigenvalue weighted by atomic mass is 10.0. The zero-order valence-corrected chi connectivity index (χ0v) is 19.4. The minimum Gasteiger partial charge on any atom is -0.481 e. The summed E-state index contributed by atoms with van der Waals surface area (Å²) in [5.74, 6) is -4.93. The number of nitrogens with one attached hydrogen (secondary N) is 3. The number of nitrogens with zero attached hydrogens (tertiary/aromatic N) is 1. The first kappa shape index (κ1) is 29.8. The molecule has 0 aromatic heterocycles. The molecule has 0 aromatic carbocycles. The van der Waals surface area contributed by atoms with E-state index in [4.69, 9.17) is 21.3 Å². The summed E-state index contributed by atoms with van der Waals surface area (Å²) >= 11 is 0. The van der Waals surface area contributed by atoms with E-state index in [-0.39, 0.29) is 18.9 Å². The Kier molecular flexibility index (Phi) is 14.8. The number of carboxylic acid groups (broad SMARTS) is 1. The van der Waals surface area contributed by atoms with Gasteiger partial charge in [-0.25, -0.2) is 4.79 Å². The standard InChI is InChI=1S/C20H36N6O7/c1-4-23-11-14(27)25-13(10-15(28)29)18(31)26-17(12(2)3)19(32)33-16(30)8-6-5-7-9-24-20(21)22/h12-13,17,23H,4-11H2,1-3H3,(H,25,27)(H,26,31)(H,28,29)(H4,21,22,24)/t13-,17-/m0/s1. The lowest BCUT2D eigenvalue weighted by Gasteiger charge is -2.23. The van der Waals surface area contributed by atoms with E-state index >= 15 is 0 Å². The number of aliphatic carboxylic acids is 1. The number of ether oxygens (including phenoxy) is 1. The molecule has 0 aliphatic heterocycles. The van der Waals surface area contributed by atoms with Crippen LogP contribution in [0.15, 0.2) is 4.99 Å². The number of esters is 2. The summed E-state index contributed by atoms with van der Waals surface area (Å²) in [5, 5.41) is 16.5. The third kappa shape index (κ3) is 14.5. The number of guanidine groups is 1. The predicted molar refractivity (Wildman–Crippen MR) is 120 cm³/mol. The van der Waals surface area contributed by atoms with Crippen molar-refractivity contribution in [2.75, 3.05) is 19.6 Å². The Labute approximate surface area is 193 Å². The molecule has 8 N–H and O–H groups in total. The van der Waals surface area contributed by atoms with Gasteiger partial charge in [0, 0.05) is 13.0 Å². The minimum atomic E-state index is -1.40. The SMILES string of the molecule is CCNCC(=O)N[C@@H](CC(=O)O)C(=O)N[C@H](C(=O)OC(=O)CCCCCN=C(N)N)C(C)C. The van der Waals surface area contributed by atoms with Crippen molar-refractivity contribution in [3.05, 3.63) is 0 Å². The minimum absolute atomic E-state index is 0.00551. The molecule has 188 valence electrons. The Bertz CT molecular complexity index is 707. The molecule has 0 unspecified atom stereocenters. The molecule has 0 rings (SSSR count). The number of hydrogen-bond acceptors (Lipinski definition) is 8. The number of carbonyl (C=O) groups excluding carboxylic acids is 4. The van der Waals surface area contributed by atoms with E-state index < -0.39 is 54.1 Å². The molecule has 0 saturated heterocycles. The van der Waals surface area contributed by atoms with E-state index in [1.807, 2.05) is 0 Å². The molecular weight excluding hydrogens is 436 g/mol. The fourth-order valence-electron chi connectivity index (χ4n) is 2.61. The quantitative estimate of drug-likeness (QED) is 0.0507. The Morgan fingerprint density at radius 2 is 1.70 bits per heavy atom. The molecule has 0 bridgehead atoms. The zero-order chi connectivity index (χ0) is 25.4. The van der Waals surface area contributed by atoms with Gasteiger partial charge in [-0.3, -0.25) is 24.2 Å². The van der Waals surface area contributed by atoms with Crippen LogP contribution in [0.5, 0.6) is 0 Å². The number of aliphatic imine (C=N–C) groups is 1. The van der Waals surface area contributed by atoms with Crippen LogP contribution < -0.4 is 27.4 Å². The van der Waals surface area contributed by atoms with Crippen molar-refractivity contribution >= 4 is 35.7 Å². The third-order valence-electron chi connectivity index (χ3n) is 4.33. The van der Waals surface area contributed by atoms with E-state index in [0.717, 1.165) is 0 Å². The molecule has 2 atom stereocenters. The molecule has 13 nitrogen and oxygen atoms in total. The molecular formula is C20H36N6O7. The molecule has 0 aliphatic rings. The Morgan fingerprint density at radius 3 is 2.24 bits per heavy atom. The largest absolute Gasteiger partial charge is 0.481 e. The first-order valence-corrected chi connectivity index (χ1v) is 10.8. The van der Waals surface area contributed by atoms with Crippen molar-refractivity contribution in [1.82, 2.24) is 16.0 Å². The van der Waals surface area contributed by atoms with E-state index in [9.17, 15) is 24.0 Å². The van der Waals surface area contributed by atoms with Crippen LogP contribution in [0.2, 0.25) is 0 Å². The number of unbranched alkanes of at least 4 members (excludes halogenated alkanes) is 2. The molecule has 0 aliphatic carbocycles. The first-order chi connectivity index (χ1) is 15.5. The van der Waals surface area contributed by atoms with Crippen molar-refractivity contribution in [2.45, 2.75) is 65.0 Å². The summed E-state index contributed by atoms with van der Waals surface area (Å²) in [5.41, 5.74) is 10.4. The van der Waals surface area contributed by atoms with Crippen LogP contribution in [-0.4, -0.2) is 72.5 Å². The molecule has 0 radical (unpaired) electrons. The van der Waals surface area contributed by atoms with Gasteiger partial charge in [0.05, 0.1) is 13.0 Å². The average Bonchev–Trinajstić information content (AvgIpc) is 2.71. The van der Waals surface area contributed by atoms with Crippen LogP contribution in [0.3, 0.4) is 0 Å². The topological polar surface area (TPSA) is 215 Å². The van der Waals surface area contributed by atoms with Crippen LogP contribution in [0.4, 0.5) is 0 Å². The van der Waals surface area contributed by atoms with Crippen LogP contribution in [0, 0.1) is 5.92 Å². The Balaban J connectivity index is 4.85. The van der Waals surface area contributed by atoms with E-state index in [1.54, 1.807) is 20.8 Å². The fourth-order valence-corrected chi connectivity index (χ4v) is 2.61. The van der Waals surface area contributed by atoms with Crippen molar-refractivity contribution in [2.24, 2.45) is 22.4 Å². The average molecular weight is 473 g/mol. The number of carboxylic acids is 1. The zero-order valence-electron chi connectivity index (χ0n) is 19.4. The maximum absolute atomic E-state index is 12.6. The van der Waals surface area contributed by atoms with E-state index in [2.05, 4.69) is 20.9 Å². The van der Waals surface area contributed by atoms with Gasteiger partial charge in [0.25, 0.3) is 0 Å². The summed E-state index contributed by atoms with van der Waals surface area (Å²) in [7, 11) is 0. The van der Waals surface area contributed by atoms with Gasteiger partial charge >= 0.3 is 17.9 Å². The smallest absolute Gasteiger partial charge is 0.336 e. The predicted octanol–water partition coefficient (Wildman–Crippen LogP) is -1.40. The van der Waals surface area contributed by atoms with Crippen molar-refractivity contribution < 1.29 is 33.8 Å². The van der Waals surface area contributed by atoms with Crippen molar-refractivity contribution in [3.8, 4) is 0 Å². The van der Waals surface area contributed by atoms with Crippen LogP contribution in [-0.2, 0) is 28.7 Å². The molecule has 33 heavy (non-hydrogen) atoms. The molecule has 2 amide bonds. The number of rotatable bonds is 16. The summed E-state index contributed by atoms with van der Waals surface area (Å²) < 4.78 is 4.84. The monoisotopic (exact) mass is 472 g/mol. The third-order valence-corrected chi connectivity index (χ3v) is 4.33. The van der Waals surface area contributed by atoms with Crippen molar-refractivity contribution in [1.29, 1.82) is 0 Å². The molecule has 0 heterocycles. The second-order valence-corrected chi connectivity index (χ2v) is 7.64. The van der Waals surface area contributed by atoms with Gasteiger partial charge in [-0.2, -0.15) is 0 Å². The second kappa shape index (κ2) is 16.4. The highest BCUT2D eigenvalue weighted by Gasteiger charge is 2.31. The van der Waals surface area contributed by atoms with Crippen molar-refractivity contribution in [3.63, 3.8) is 0 Å². The van der Waals surface area contributed by atoms with Gasteiger partial charge < -0.3 is 37.3 Å². The summed E-state index contributed by atoms with van der Waals surface area (Å²) in [6.07, 6.45) is 1.09. The fraction of sp³-hybridized carbons (Fsp3) is 0.700. The van der Waals surface area contributed by atoms with Gasteiger partial charge in [-0.05, 0) is 25.3 Å². The summed E-state index contributed by atoms with van der Waals surface area (Å²) in [4.78, 5) is 63.8. The number of likely N-dealkylation sites (N-methyl/N-ethyl adjacent to an activating group) is 1. The van der Waals surface area contributed by atoms with E-state index in [1.165, 1.54) is 0 Å². The van der Waals surface area contributed by atoms with Gasteiger partial charge in [-0.1, -0.05) is 27.2 Å². The number of hydrogen-bond donors (Lipinski definition) is 6. The van der Waals surface area contributed by atoms with Gasteiger partial charge in [0.15, 0.2) is 5.96 Å². The lowest BCUT2D eigenvalue weighted by molar-refractivity contribution is -0.162. The molecule has 0 spiro atoms. The van der Waals surface area contributed by atoms with Gasteiger partial charge in [-0.15, -0.1) is 0 Å². The maximum Gasteiger partial charge on any atom is 0.336 e. The number of amides is 2. The Morgan fingerprint density at radius 1 is 1.03 bits per heavy atom. The highest BCUT2D eigenvalue weighted by Crippen LogP contribution is 2.08. The summed E-state index contributed by atoms with van der Waals surface area (Å²) in [6, 6.07) is -2.60. The van der Waals surface area contributed by atoms with Crippen LogP contribution in [0.1, 0.15) is 52.9 Å². The van der Waals surface area contributed by atoms with Gasteiger partial charge in [0.2, 0.25) is 11.8 Å². The molecule has 0 saturated carbocycles. The Hall–Kier alpha value is -3.22. The van der Waals surface area contributed by atoms with Gasteiger partial charge in [0.1, 0.15) is 12.1 Å². The number of nitrogens with two attached hydrogens (primary N) is 2. The summed E-state index contributed by atoms with van der Waals surface area (Å²) in [6.45, 7) is 5.86. The van der Waals surface area contributed by atoms with E-state index in [0.29, 0.717) is 32.4 Å². The normalized spacial score (nSPS) is 12.4. The first-order valence-electron chi connectivity index (χ1n) is 10.8. The number of carbonyl (C=O) groups is 5. The van der Waals surface area contributed by atoms with Crippen LogP contribution >= 0.6 is 0 Å². The highest BCUT2D eigenvalue weighted by atomic mass is 16.6. The second-order valence-electron chi connectivity index (χ2n) is 7.64. The maximum atomic E-state index is 12.6. The molecule has 13 heteroatoms. The highest BCUT2D eigenvalue weighted by molar-refractivity contribution is 5.95. The lowest BCUT2D eigenvalue weighted by Crippen LogP contribution is -2.55. The molecule has 0 aromatic rings.